The molecule has 0 atom stereocenters. The lowest BCUT2D eigenvalue weighted by Crippen LogP contribution is -2.02. The average Bonchev–Trinajstić information content (AvgIpc) is 2.45. The molecule has 0 N–H and O–H groups in total. The number of carbonyl (C=O) groups is 1. The van der Waals surface area contributed by atoms with E-state index in [1.807, 2.05) is 25.1 Å². The SMILES string of the molecule is CC(=O)c1ccc(C)cc1OCc1ccc(C(C)C)cc1. The Labute approximate surface area is 126 Å². The van der Waals surface area contributed by atoms with Gasteiger partial charge in [-0.25, -0.2) is 0 Å². The van der Waals surface area contributed by atoms with Crippen LogP contribution in [0, 0.1) is 6.92 Å². The van der Waals surface area contributed by atoms with Gasteiger partial charge in [-0.05, 0) is 48.6 Å². The van der Waals surface area contributed by atoms with Crippen LogP contribution in [-0.4, -0.2) is 5.78 Å². The summed E-state index contributed by atoms with van der Waals surface area (Å²) in [6.45, 7) is 8.39. The molecule has 0 amide bonds. The number of rotatable bonds is 5. The molecule has 0 heterocycles. The highest BCUT2D eigenvalue weighted by Crippen LogP contribution is 2.22. The Hall–Kier alpha value is -2.09. The van der Waals surface area contributed by atoms with Crippen LogP contribution in [0.5, 0.6) is 5.75 Å². The zero-order chi connectivity index (χ0) is 15.4. The van der Waals surface area contributed by atoms with Crippen molar-refractivity contribution in [3.63, 3.8) is 0 Å². The summed E-state index contributed by atoms with van der Waals surface area (Å²) in [6.07, 6.45) is 0. The van der Waals surface area contributed by atoms with Gasteiger partial charge in [-0.3, -0.25) is 4.79 Å². The molecule has 0 radical (unpaired) electrons. The molecule has 0 aliphatic rings. The Bertz CT molecular complexity index is 625. The number of hydrogen-bond donors (Lipinski definition) is 0. The van der Waals surface area contributed by atoms with Crippen LogP contribution in [-0.2, 0) is 6.61 Å². The van der Waals surface area contributed by atoms with Gasteiger partial charge in [-0.2, -0.15) is 0 Å². The predicted octanol–water partition coefficient (Wildman–Crippen LogP) is 4.90. The van der Waals surface area contributed by atoms with Gasteiger partial charge in [0.1, 0.15) is 12.4 Å². The molecule has 0 aliphatic heterocycles. The lowest BCUT2D eigenvalue weighted by molar-refractivity contribution is 0.101. The van der Waals surface area contributed by atoms with E-state index in [1.54, 1.807) is 6.92 Å². The Morgan fingerprint density at radius 2 is 1.76 bits per heavy atom. The maximum Gasteiger partial charge on any atom is 0.163 e. The minimum Gasteiger partial charge on any atom is -0.488 e. The average molecular weight is 282 g/mol. The number of ketones is 1. The summed E-state index contributed by atoms with van der Waals surface area (Å²) in [5.41, 5.74) is 4.15. The summed E-state index contributed by atoms with van der Waals surface area (Å²) in [6, 6.07) is 14.1. The summed E-state index contributed by atoms with van der Waals surface area (Å²) in [4.78, 5) is 11.6. The standard InChI is InChI=1S/C19H22O2/c1-13(2)17-8-6-16(7-9-17)12-21-19-11-14(3)5-10-18(19)15(4)20/h5-11,13H,12H2,1-4H3. The highest BCUT2D eigenvalue weighted by molar-refractivity contribution is 5.96. The molecule has 21 heavy (non-hydrogen) atoms. The van der Waals surface area contributed by atoms with Crippen molar-refractivity contribution in [1.29, 1.82) is 0 Å². The molecule has 2 aromatic rings. The van der Waals surface area contributed by atoms with Gasteiger partial charge in [0.25, 0.3) is 0 Å². The predicted molar refractivity (Wildman–Crippen MR) is 86.0 cm³/mol. The smallest absolute Gasteiger partial charge is 0.163 e. The van der Waals surface area contributed by atoms with Crippen LogP contribution in [0.4, 0.5) is 0 Å². The van der Waals surface area contributed by atoms with Crippen LogP contribution in [0.25, 0.3) is 0 Å². The molecule has 0 fully saturated rings. The fraction of sp³-hybridized carbons (Fsp3) is 0.316. The monoisotopic (exact) mass is 282 g/mol. The van der Waals surface area contributed by atoms with E-state index in [4.69, 9.17) is 4.74 Å². The molecule has 110 valence electrons. The number of Topliss-reactive ketones (excluding diaryl/α,β-unsaturated/α-hetero) is 1. The molecular formula is C19H22O2. The van der Waals surface area contributed by atoms with E-state index < -0.39 is 0 Å². The van der Waals surface area contributed by atoms with Gasteiger partial charge < -0.3 is 4.74 Å². The highest BCUT2D eigenvalue weighted by Gasteiger charge is 2.09. The largest absolute Gasteiger partial charge is 0.488 e. The van der Waals surface area contributed by atoms with E-state index in [0.717, 1.165) is 11.1 Å². The topological polar surface area (TPSA) is 26.3 Å². The van der Waals surface area contributed by atoms with E-state index in [9.17, 15) is 4.79 Å². The van der Waals surface area contributed by atoms with Crippen molar-refractivity contribution >= 4 is 5.78 Å². The normalized spacial score (nSPS) is 10.7. The molecule has 0 saturated carbocycles. The second-order valence-corrected chi connectivity index (χ2v) is 5.74. The minimum atomic E-state index is 0.0279. The first-order valence-electron chi connectivity index (χ1n) is 7.30. The van der Waals surface area contributed by atoms with Gasteiger partial charge in [0.2, 0.25) is 0 Å². The Kier molecular flexibility index (Phi) is 4.79. The summed E-state index contributed by atoms with van der Waals surface area (Å²) < 4.78 is 5.84. The summed E-state index contributed by atoms with van der Waals surface area (Å²) >= 11 is 0. The number of ether oxygens (including phenoxy) is 1. The molecule has 0 unspecified atom stereocenters. The van der Waals surface area contributed by atoms with Crippen LogP contribution in [0.15, 0.2) is 42.5 Å². The molecule has 0 aromatic heterocycles. The Morgan fingerprint density at radius 1 is 1.10 bits per heavy atom. The quantitative estimate of drug-likeness (QED) is 0.729. The van der Waals surface area contributed by atoms with Gasteiger partial charge in [-0.15, -0.1) is 0 Å². The molecule has 0 saturated heterocycles. The maximum absolute atomic E-state index is 11.6. The van der Waals surface area contributed by atoms with Crippen molar-refractivity contribution in [3.05, 3.63) is 64.7 Å². The van der Waals surface area contributed by atoms with Crippen molar-refractivity contribution in [2.45, 2.75) is 40.2 Å². The van der Waals surface area contributed by atoms with Gasteiger partial charge >= 0.3 is 0 Å². The summed E-state index contributed by atoms with van der Waals surface area (Å²) in [5.74, 6) is 1.22. The fourth-order valence-electron chi connectivity index (χ4n) is 2.20. The third-order valence-electron chi connectivity index (χ3n) is 3.56. The van der Waals surface area contributed by atoms with E-state index in [1.165, 1.54) is 5.56 Å². The van der Waals surface area contributed by atoms with Crippen molar-refractivity contribution in [3.8, 4) is 5.75 Å². The summed E-state index contributed by atoms with van der Waals surface area (Å²) in [7, 11) is 0. The number of benzene rings is 2. The van der Waals surface area contributed by atoms with E-state index in [2.05, 4.69) is 38.1 Å². The van der Waals surface area contributed by atoms with E-state index in [0.29, 0.717) is 23.8 Å². The zero-order valence-corrected chi connectivity index (χ0v) is 13.1. The summed E-state index contributed by atoms with van der Waals surface area (Å²) in [5, 5.41) is 0. The lowest BCUT2D eigenvalue weighted by Gasteiger charge is -2.12. The molecule has 0 bridgehead atoms. The first-order chi connectivity index (χ1) is 9.97. The van der Waals surface area contributed by atoms with Crippen molar-refractivity contribution in [2.75, 3.05) is 0 Å². The molecular weight excluding hydrogens is 260 g/mol. The van der Waals surface area contributed by atoms with Gasteiger partial charge in [0, 0.05) is 0 Å². The van der Waals surface area contributed by atoms with Crippen LogP contribution in [0.1, 0.15) is 53.7 Å². The number of hydrogen-bond acceptors (Lipinski definition) is 2. The van der Waals surface area contributed by atoms with E-state index in [-0.39, 0.29) is 5.78 Å². The van der Waals surface area contributed by atoms with Gasteiger partial charge in [0.05, 0.1) is 5.56 Å². The zero-order valence-electron chi connectivity index (χ0n) is 13.1. The van der Waals surface area contributed by atoms with E-state index >= 15 is 0 Å². The highest BCUT2D eigenvalue weighted by atomic mass is 16.5. The molecule has 2 rings (SSSR count). The first-order valence-corrected chi connectivity index (χ1v) is 7.30. The molecule has 0 spiro atoms. The Balaban J connectivity index is 2.12. The van der Waals surface area contributed by atoms with Crippen molar-refractivity contribution in [1.82, 2.24) is 0 Å². The van der Waals surface area contributed by atoms with Crippen molar-refractivity contribution < 1.29 is 9.53 Å². The second-order valence-electron chi connectivity index (χ2n) is 5.74. The lowest BCUT2D eigenvalue weighted by atomic mass is 10.0. The molecule has 2 nitrogen and oxygen atoms in total. The van der Waals surface area contributed by atoms with Crippen LogP contribution in [0.2, 0.25) is 0 Å². The third-order valence-corrected chi connectivity index (χ3v) is 3.56. The second kappa shape index (κ2) is 6.57. The van der Waals surface area contributed by atoms with Crippen molar-refractivity contribution in [2.24, 2.45) is 0 Å². The van der Waals surface area contributed by atoms with Gasteiger partial charge in [-0.1, -0.05) is 44.2 Å². The van der Waals surface area contributed by atoms with Crippen LogP contribution in [0.3, 0.4) is 0 Å². The number of carbonyl (C=O) groups excluding carboxylic acids is 1. The minimum absolute atomic E-state index is 0.0279. The number of aryl methyl sites for hydroxylation is 1. The fourth-order valence-corrected chi connectivity index (χ4v) is 2.20. The molecule has 0 aliphatic carbocycles. The molecule has 2 heteroatoms. The Morgan fingerprint density at radius 3 is 2.33 bits per heavy atom. The van der Waals surface area contributed by atoms with Gasteiger partial charge in [0.15, 0.2) is 5.78 Å². The third kappa shape index (κ3) is 3.94. The molecule has 2 aromatic carbocycles. The maximum atomic E-state index is 11.6. The first kappa shape index (κ1) is 15.3. The van der Waals surface area contributed by atoms with Crippen LogP contribution >= 0.6 is 0 Å². The van der Waals surface area contributed by atoms with Crippen LogP contribution < -0.4 is 4.74 Å².